The number of nitrogens with zero attached hydrogens (tertiary/aromatic N) is 3. The highest BCUT2D eigenvalue weighted by molar-refractivity contribution is 6.31. The summed E-state index contributed by atoms with van der Waals surface area (Å²) >= 11 is 6.60. The molecule has 0 radical (unpaired) electrons. The zero-order valence-electron chi connectivity index (χ0n) is 32.1. The van der Waals surface area contributed by atoms with Gasteiger partial charge in [-0.05, 0) is 104 Å². The van der Waals surface area contributed by atoms with Crippen molar-refractivity contribution in [3.8, 4) is 0 Å². The average Bonchev–Trinajstić information content (AvgIpc) is 3.74. The first-order valence-electron chi connectivity index (χ1n) is 19.8. The molecule has 2 aromatic rings. The van der Waals surface area contributed by atoms with Gasteiger partial charge in [-0.2, -0.15) is 5.06 Å². The van der Waals surface area contributed by atoms with E-state index < -0.39 is 24.2 Å². The predicted molar refractivity (Wildman–Crippen MR) is 204 cm³/mol. The molecule has 3 saturated carbocycles. The largest absolute Gasteiger partial charge is 0.394 e. The molecule has 2 heterocycles. The molecule has 0 unspecified atom stereocenters. The number of aliphatic hydroxyl groups excluding tert-OH is 2. The molecule has 3 aliphatic carbocycles. The van der Waals surface area contributed by atoms with Crippen LogP contribution in [-0.4, -0.2) is 87.6 Å². The van der Waals surface area contributed by atoms with Crippen LogP contribution in [0.15, 0.2) is 42.5 Å². The molecular weight excluding hydrogens is 679 g/mol. The fourth-order valence-electron chi connectivity index (χ4n) is 10.1. The lowest BCUT2D eigenvalue weighted by Gasteiger charge is -2.62. The quantitative estimate of drug-likeness (QED) is 0.189. The van der Waals surface area contributed by atoms with E-state index in [-0.39, 0.29) is 30.4 Å². The summed E-state index contributed by atoms with van der Waals surface area (Å²) in [5.41, 5.74) is 2.85. The highest BCUT2D eigenvalue weighted by Crippen LogP contribution is 2.61. The maximum Gasteiger partial charge on any atom is 0.240 e. The highest BCUT2D eigenvalue weighted by atomic mass is 35.5. The summed E-state index contributed by atoms with van der Waals surface area (Å²) in [5.74, 6) is 0.977. The minimum atomic E-state index is -0.854. The average molecular weight is 741 g/mol. The second kappa shape index (κ2) is 16.7. The molecular formula is C42H62ClFN4O4. The maximum atomic E-state index is 15.2. The summed E-state index contributed by atoms with van der Waals surface area (Å²) in [7, 11) is 0. The van der Waals surface area contributed by atoms with Crippen molar-refractivity contribution < 1.29 is 24.2 Å². The Morgan fingerprint density at radius 1 is 1.10 bits per heavy atom. The minimum absolute atomic E-state index is 0.0746. The first-order valence-corrected chi connectivity index (χ1v) is 20.1. The number of carbonyl (C=O) groups excluding carboxylic acids is 1. The van der Waals surface area contributed by atoms with Gasteiger partial charge in [-0.25, -0.2) is 4.39 Å². The van der Waals surface area contributed by atoms with Crippen LogP contribution < -0.4 is 5.32 Å². The Morgan fingerprint density at radius 3 is 2.44 bits per heavy atom. The van der Waals surface area contributed by atoms with E-state index in [4.69, 9.17) is 16.4 Å². The number of benzene rings is 2. The van der Waals surface area contributed by atoms with Crippen LogP contribution in [0.2, 0.25) is 5.02 Å². The molecule has 10 heteroatoms. The topological polar surface area (TPSA) is 88.5 Å². The van der Waals surface area contributed by atoms with Crippen molar-refractivity contribution in [1.82, 2.24) is 20.2 Å². The zero-order chi connectivity index (χ0) is 37.3. The van der Waals surface area contributed by atoms with Crippen molar-refractivity contribution in [3.05, 3.63) is 70.0 Å². The lowest BCUT2D eigenvalue weighted by atomic mass is 9.45. The number of hydroxylamine groups is 2. The number of rotatable bonds is 15. The van der Waals surface area contributed by atoms with Crippen molar-refractivity contribution in [3.63, 3.8) is 0 Å². The molecule has 2 aromatic carbocycles. The van der Waals surface area contributed by atoms with E-state index in [1.807, 2.05) is 12.1 Å². The second-order valence-corrected chi connectivity index (χ2v) is 17.9. The Morgan fingerprint density at radius 2 is 1.81 bits per heavy atom. The van der Waals surface area contributed by atoms with Crippen molar-refractivity contribution in [1.29, 1.82) is 0 Å². The number of hydrogen-bond donors (Lipinski definition) is 3. The predicted octanol–water partition coefficient (Wildman–Crippen LogP) is 6.65. The van der Waals surface area contributed by atoms with Crippen LogP contribution in [0.5, 0.6) is 0 Å². The van der Waals surface area contributed by atoms with Gasteiger partial charge in [0.15, 0.2) is 0 Å². The van der Waals surface area contributed by atoms with E-state index in [1.54, 1.807) is 24.1 Å². The summed E-state index contributed by atoms with van der Waals surface area (Å²) in [6.45, 7) is 17.2. The minimum Gasteiger partial charge on any atom is -0.394 e. The van der Waals surface area contributed by atoms with E-state index in [0.29, 0.717) is 59.3 Å². The van der Waals surface area contributed by atoms with Crippen LogP contribution in [0.1, 0.15) is 90.3 Å². The SMILES string of the molecule is CC(C)C[C@@H](CN1CCCC1)N(Cc1cccc(CN2O[C@@H](CO)[C@@H]([C@H](C)O)[C@H]2C(=O)N[C@H]2C[C@H]3C[C@@H]([C@@H]2C)C3(C)C)c1)Cc1c(F)cccc1Cl. The standard InChI is InChI=1S/C42H62ClFN4O4/c1-26(2)17-32(23-46-15-7-8-16-46)47(24-33-35(43)13-10-14-36(33)44)21-29-11-9-12-30(18-29)22-48-40(39(28(4)50)38(25-49)52-48)41(51)45-37-20-31-19-34(27(37)3)42(31,5)6/h9-14,18,26-28,31-32,34,37-40,49-50H,7-8,15-17,19-25H2,1-6H3,(H,45,51)/t27-,28-,31+,32-,34-,37-,38-,39+,40-/m0/s1. The van der Waals surface area contributed by atoms with Gasteiger partial charge in [0, 0.05) is 48.2 Å². The molecule has 5 aliphatic rings. The van der Waals surface area contributed by atoms with Gasteiger partial charge < -0.3 is 20.4 Å². The Bertz CT molecular complexity index is 1500. The molecule has 2 aliphatic heterocycles. The number of nitrogens with one attached hydrogen (secondary N) is 1. The van der Waals surface area contributed by atoms with Gasteiger partial charge in [-0.3, -0.25) is 14.5 Å². The molecule has 0 aromatic heterocycles. The van der Waals surface area contributed by atoms with Gasteiger partial charge in [-0.1, -0.05) is 76.6 Å². The van der Waals surface area contributed by atoms with Gasteiger partial charge >= 0.3 is 0 Å². The third kappa shape index (κ3) is 8.56. The normalized spacial score (nSPS) is 30.1. The molecule has 1 amide bonds. The van der Waals surface area contributed by atoms with Crippen molar-refractivity contribution in [2.45, 2.75) is 124 Å². The van der Waals surface area contributed by atoms with Gasteiger partial charge in [0.25, 0.3) is 0 Å². The lowest BCUT2D eigenvalue weighted by molar-refractivity contribution is -0.183. The smallest absolute Gasteiger partial charge is 0.240 e. The zero-order valence-corrected chi connectivity index (χ0v) is 32.9. The Balaban J connectivity index is 1.23. The lowest BCUT2D eigenvalue weighted by Crippen LogP contribution is -2.62. The van der Waals surface area contributed by atoms with Gasteiger partial charge in [0.1, 0.15) is 18.0 Å². The van der Waals surface area contributed by atoms with Crippen molar-refractivity contribution >= 4 is 17.5 Å². The van der Waals surface area contributed by atoms with E-state index in [0.717, 1.165) is 43.6 Å². The Labute approximate surface area is 316 Å². The van der Waals surface area contributed by atoms with Gasteiger partial charge in [0.05, 0.1) is 19.3 Å². The van der Waals surface area contributed by atoms with Crippen LogP contribution in [0, 0.1) is 40.8 Å². The number of carbonyl (C=O) groups is 1. The van der Waals surface area contributed by atoms with Crippen molar-refractivity contribution in [2.75, 3.05) is 26.2 Å². The summed E-state index contributed by atoms with van der Waals surface area (Å²) in [4.78, 5) is 25.4. The summed E-state index contributed by atoms with van der Waals surface area (Å²) in [5, 5.41) is 26.7. The summed E-state index contributed by atoms with van der Waals surface area (Å²) < 4.78 is 15.2. The first kappa shape index (κ1) is 39.6. The number of aliphatic hydroxyl groups is 2. The molecule has 8 nitrogen and oxygen atoms in total. The van der Waals surface area contributed by atoms with Crippen LogP contribution in [-0.2, 0) is 29.3 Å². The monoisotopic (exact) mass is 740 g/mol. The van der Waals surface area contributed by atoms with Crippen LogP contribution >= 0.6 is 11.6 Å². The van der Waals surface area contributed by atoms with Crippen LogP contribution in [0.25, 0.3) is 0 Å². The number of halogens is 2. The molecule has 2 saturated heterocycles. The number of fused-ring (bicyclic) bond motifs is 2. The summed E-state index contributed by atoms with van der Waals surface area (Å²) in [6, 6.07) is 12.7. The van der Waals surface area contributed by atoms with Crippen LogP contribution in [0.4, 0.5) is 4.39 Å². The number of likely N-dealkylation sites (tertiary alicyclic amines) is 1. The molecule has 3 N–H and O–H groups in total. The summed E-state index contributed by atoms with van der Waals surface area (Å²) in [6.07, 6.45) is 4.02. The molecule has 0 spiro atoms. The van der Waals surface area contributed by atoms with E-state index >= 15 is 4.39 Å². The molecule has 9 atom stereocenters. The molecule has 52 heavy (non-hydrogen) atoms. The Hall–Kier alpha value is -2.11. The molecule has 288 valence electrons. The number of amides is 1. The highest BCUT2D eigenvalue weighted by Gasteiger charge is 2.57. The third-order valence-corrected chi connectivity index (χ3v) is 13.5. The van der Waals surface area contributed by atoms with Gasteiger partial charge in [-0.15, -0.1) is 0 Å². The van der Waals surface area contributed by atoms with Crippen molar-refractivity contribution in [2.24, 2.45) is 35.0 Å². The first-order chi connectivity index (χ1) is 24.8. The molecule has 2 bridgehead atoms. The molecule has 7 rings (SSSR count). The van der Waals surface area contributed by atoms with E-state index in [2.05, 4.69) is 61.9 Å². The van der Waals surface area contributed by atoms with E-state index in [9.17, 15) is 15.0 Å². The Kier molecular flexibility index (Phi) is 12.7. The maximum absolute atomic E-state index is 15.2. The number of hydrogen-bond acceptors (Lipinski definition) is 7. The second-order valence-electron chi connectivity index (χ2n) is 17.5. The fourth-order valence-corrected chi connectivity index (χ4v) is 10.3. The molecule has 5 fully saturated rings. The third-order valence-electron chi connectivity index (χ3n) is 13.1. The fraction of sp³-hybridized carbons (Fsp3) is 0.690. The van der Waals surface area contributed by atoms with E-state index in [1.165, 1.54) is 25.3 Å². The van der Waals surface area contributed by atoms with Crippen LogP contribution in [0.3, 0.4) is 0 Å². The van der Waals surface area contributed by atoms with Gasteiger partial charge in [0.2, 0.25) is 5.91 Å².